The van der Waals surface area contributed by atoms with Gasteiger partial charge in [-0.2, -0.15) is 4.98 Å². The molecule has 1 aromatic carbocycles. The van der Waals surface area contributed by atoms with Crippen molar-refractivity contribution in [3.8, 4) is 5.82 Å². The Hall–Kier alpha value is -2.31. The summed E-state index contributed by atoms with van der Waals surface area (Å²) in [4.78, 5) is 8.45. The van der Waals surface area contributed by atoms with E-state index >= 15 is 0 Å². The first-order valence-corrected chi connectivity index (χ1v) is 7.74. The molecule has 0 spiro atoms. The van der Waals surface area contributed by atoms with Crippen molar-refractivity contribution >= 4 is 16.9 Å². The number of rotatable bonds is 4. The van der Waals surface area contributed by atoms with Crippen molar-refractivity contribution in [1.82, 2.24) is 14.5 Å². The number of imidazole rings is 1. The molecule has 106 valence electrons. The molecular formula is C15H14N4OS. The molecule has 0 amide bonds. The summed E-state index contributed by atoms with van der Waals surface area (Å²) in [5.74, 6) is 1.02. The molecule has 2 heterocycles. The molecule has 0 bridgehead atoms. The number of anilines is 1. The first-order chi connectivity index (χ1) is 10.3. The lowest BCUT2D eigenvalue weighted by molar-refractivity contribution is 0.582. The topological polar surface area (TPSA) is 79.8 Å². The van der Waals surface area contributed by atoms with Gasteiger partial charge in [0.05, 0.1) is 6.20 Å². The Labute approximate surface area is 125 Å². The third-order valence-corrected chi connectivity index (χ3v) is 4.33. The molecule has 21 heavy (non-hydrogen) atoms. The average Bonchev–Trinajstić information content (AvgIpc) is 3.00. The Bertz CT molecular complexity index is 729. The summed E-state index contributed by atoms with van der Waals surface area (Å²) in [6, 6.07) is 13.0. The van der Waals surface area contributed by atoms with Gasteiger partial charge in [0.2, 0.25) is 0 Å². The highest BCUT2D eigenvalue weighted by atomic mass is 32.2. The molecule has 5 nitrogen and oxygen atoms in total. The van der Waals surface area contributed by atoms with E-state index < -0.39 is 11.2 Å². The smallest absolute Gasteiger partial charge is 0.329 e. The number of nitrogens with zero attached hydrogens (tertiary/aromatic N) is 3. The fraction of sp³-hybridized carbons (Fsp3) is 0.0667. The fourth-order valence-electron chi connectivity index (χ4n) is 2.00. The predicted molar refractivity (Wildman–Crippen MR) is 82.3 cm³/mol. The van der Waals surface area contributed by atoms with Crippen LogP contribution in [0.5, 0.6) is 0 Å². The van der Waals surface area contributed by atoms with E-state index in [9.17, 15) is 4.55 Å². The maximum absolute atomic E-state index is 12.6. The van der Waals surface area contributed by atoms with Gasteiger partial charge in [-0.05, 0) is 18.2 Å². The minimum Gasteiger partial charge on any atom is -0.609 e. The second-order valence-electron chi connectivity index (χ2n) is 4.46. The Morgan fingerprint density at radius 1 is 1.05 bits per heavy atom. The SMILES string of the molecule is Nc1ccccc1C[S+]([O-])c1nccn1-c1ccccn1. The predicted octanol–water partition coefficient (Wildman–Crippen LogP) is 2.16. The highest BCUT2D eigenvalue weighted by Crippen LogP contribution is 2.20. The van der Waals surface area contributed by atoms with Crippen LogP contribution in [-0.2, 0) is 16.9 Å². The first-order valence-electron chi connectivity index (χ1n) is 6.42. The maximum atomic E-state index is 12.6. The van der Waals surface area contributed by atoms with E-state index in [4.69, 9.17) is 5.73 Å². The third kappa shape index (κ3) is 2.91. The molecule has 6 heteroatoms. The summed E-state index contributed by atoms with van der Waals surface area (Å²) >= 11 is -1.29. The molecule has 1 atom stereocenters. The van der Waals surface area contributed by atoms with Gasteiger partial charge in [-0.3, -0.25) is 0 Å². The van der Waals surface area contributed by atoms with Crippen molar-refractivity contribution in [1.29, 1.82) is 0 Å². The van der Waals surface area contributed by atoms with Gasteiger partial charge in [-0.15, -0.1) is 0 Å². The zero-order valence-electron chi connectivity index (χ0n) is 11.2. The summed E-state index contributed by atoms with van der Waals surface area (Å²) in [5.41, 5.74) is 7.39. The number of benzene rings is 1. The normalized spacial score (nSPS) is 12.2. The molecule has 2 N–H and O–H groups in total. The third-order valence-electron chi connectivity index (χ3n) is 3.05. The molecule has 0 saturated carbocycles. The van der Waals surface area contributed by atoms with Crippen LogP contribution in [0.1, 0.15) is 5.56 Å². The van der Waals surface area contributed by atoms with Crippen LogP contribution in [0, 0.1) is 0 Å². The van der Waals surface area contributed by atoms with E-state index in [1.54, 1.807) is 29.2 Å². The van der Waals surface area contributed by atoms with E-state index in [1.807, 2.05) is 36.4 Å². The van der Waals surface area contributed by atoms with Gasteiger partial charge in [0.15, 0.2) is 0 Å². The molecule has 0 aliphatic rings. The van der Waals surface area contributed by atoms with Crippen LogP contribution in [0.25, 0.3) is 5.82 Å². The van der Waals surface area contributed by atoms with E-state index in [0.717, 1.165) is 5.56 Å². The van der Waals surface area contributed by atoms with Crippen molar-refractivity contribution in [2.75, 3.05) is 5.73 Å². The van der Waals surface area contributed by atoms with Crippen LogP contribution in [-0.4, -0.2) is 19.1 Å². The fourth-order valence-corrected chi connectivity index (χ4v) is 3.23. The first kappa shape index (κ1) is 13.7. The standard InChI is InChI=1S/C15H14N4OS/c16-13-6-2-1-5-12(13)11-21(20)15-18-9-10-19(15)14-7-3-4-8-17-14/h1-10H,11,16H2. The van der Waals surface area contributed by atoms with E-state index in [0.29, 0.717) is 22.4 Å². The van der Waals surface area contributed by atoms with Crippen LogP contribution < -0.4 is 5.73 Å². The van der Waals surface area contributed by atoms with Crippen LogP contribution >= 0.6 is 0 Å². The molecule has 1 unspecified atom stereocenters. The molecule has 0 saturated heterocycles. The highest BCUT2D eigenvalue weighted by Gasteiger charge is 2.20. The lowest BCUT2D eigenvalue weighted by Gasteiger charge is -2.12. The molecule has 0 aliphatic carbocycles. The molecule has 2 aromatic heterocycles. The van der Waals surface area contributed by atoms with Crippen molar-refractivity contribution in [3.63, 3.8) is 0 Å². The van der Waals surface area contributed by atoms with Crippen LogP contribution in [0.15, 0.2) is 66.2 Å². The van der Waals surface area contributed by atoms with Crippen LogP contribution in [0.2, 0.25) is 0 Å². The Balaban J connectivity index is 1.88. The highest BCUT2D eigenvalue weighted by molar-refractivity contribution is 7.90. The average molecular weight is 298 g/mol. The summed E-state index contributed by atoms with van der Waals surface area (Å²) in [5, 5.41) is 0.469. The van der Waals surface area contributed by atoms with E-state index in [1.165, 1.54) is 0 Å². The Kier molecular flexibility index (Phi) is 3.89. The number of hydrogen-bond acceptors (Lipinski definition) is 4. The monoisotopic (exact) mass is 298 g/mol. The molecule has 3 rings (SSSR count). The van der Waals surface area contributed by atoms with Gasteiger partial charge < -0.3 is 10.3 Å². The summed E-state index contributed by atoms with van der Waals surface area (Å²) < 4.78 is 14.3. The molecular weight excluding hydrogens is 284 g/mol. The van der Waals surface area contributed by atoms with Gasteiger partial charge in [-0.25, -0.2) is 9.55 Å². The minimum absolute atomic E-state index is 0.330. The number of hydrogen-bond donors (Lipinski definition) is 1. The molecule has 3 aromatic rings. The van der Waals surface area contributed by atoms with Crippen LogP contribution in [0.4, 0.5) is 5.69 Å². The number of aromatic nitrogens is 3. The number of nitrogens with two attached hydrogens (primary N) is 1. The van der Waals surface area contributed by atoms with Gasteiger partial charge in [0, 0.05) is 34.8 Å². The lowest BCUT2D eigenvalue weighted by atomic mass is 10.2. The summed E-state index contributed by atoms with van der Waals surface area (Å²) in [7, 11) is 0. The van der Waals surface area contributed by atoms with Crippen molar-refractivity contribution < 1.29 is 4.55 Å². The van der Waals surface area contributed by atoms with Crippen molar-refractivity contribution in [3.05, 3.63) is 66.6 Å². The molecule has 0 aliphatic heterocycles. The maximum Gasteiger partial charge on any atom is 0.329 e. The zero-order valence-corrected chi connectivity index (χ0v) is 12.0. The van der Waals surface area contributed by atoms with E-state index in [2.05, 4.69) is 9.97 Å². The van der Waals surface area contributed by atoms with Gasteiger partial charge >= 0.3 is 5.16 Å². The van der Waals surface area contributed by atoms with Gasteiger partial charge in [0.1, 0.15) is 11.6 Å². The quantitative estimate of drug-likeness (QED) is 0.591. The number of para-hydroxylation sites is 1. The molecule has 0 radical (unpaired) electrons. The Morgan fingerprint density at radius 3 is 2.62 bits per heavy atom. The minimum atomic E-state index is -1.29. The van der Waals surface area contributed by atoms with Crippen molar-refractivity contribution in [2.24, 2.45) is 0 Å². The number of pyridine rings is 1. The Morgan fingerprint density at radius 2 is 1.86 bits per heavy atom. The zero-order chi connectivity index (χ0) is 14.7. The summed E-state index contributed by atoms with van der Waals surface area (Å²) in [6.45, 7) is 0. The van der Waals surface area contributed by atoms with Crippen molar-refractivity contribution in [2.45, 2.75) is 10.9 Å². The van der Waals surface area contributed by atoms with Crippen LogP contribution in [0.3, 0.4) is 0 Å². The second kappa shape index (κ2) is 5.99. The molecule has 0 fully saturated rings. The van der Waals surface area contributed by atoms with E-state index in [-0.39, 0.29) is 0 Å². The van der Waals surface area contributed by atoms with Gasteiger partial charge in [0.25, 0.3) is 0 Å². The largest absolute Gasteiger partial charge is 0.609 e. The summed E-state index contributed by atoms with van der Waals surface area (Å²) in [6.07, 6.45) is 5.07. The lowest BCUT2D eigenvalue weighted by Crippen LogP contribution is -2.13. The second-order valence-corrected chi connectivity index (χ2v) is 5.80. The number of nitrogen functional groups attached to an aromatic ring is 1. The van der Waals surface area contributed by atoms with Gasteiger partial charge in [-0.1, -0.05) is 24.3 Å².